The number of aryl methyl sites for hydroxylation is 1. The highest BCUT2D eigenvalue weighted by molar-refractivity contribution is 5.95. The molecule has 8 heteroatoms. The number of hydrogen-bond acceptors (Lipinski definition) is 7. The molecule has 1 aliphatic heterocycles. The van der Waals surface area contributed by atoms with Crippen molar-refractivity contribution in [2.24, 2.45) is 11.8 Å². The van der Waals surface area contributed by atoms with Crippen LogP contribution in [-0.2, 0) is 16.1 Å². The van der Waals surface area contributed by atoms with Crippen molar-refractivity contribution in [3.05, 3.63) is 58.1 Å². The van der Waals surface area contributed by atoms with E-state index in [0.717, 1.165) is 38.4 Å². The molecule has 2 aromatic carbocycles. The number of cyclic esters (lactones) is 1. The summed E-state index contributed by atoms with van der Waals surface area (Å²) in [4.78, 5) is 26.5. The molecule has 1 aliphatic rings. The number of nitrogens with zero attached hydrogens (tertiary/aromatic N) is 2. The van der Waals surface area contributed by atoms with Crippen molar-refractivity contribution in [1.29, 1.82) is 0 Å². The third kappa shape index (κ3) is 4.28. The fraction of sp³-hybridized carbons (Fsp3) is 0.417. The molecule has 1 saturated heterocycles. The van der Waals surface area contributed by atoms with E-state index in [1.54, 1.807) is 5.01 Å². The molecular formula is C24H32N4O4. The van der Waals surface area contributed by atoms with E-state index in [1.165, 1.54) is 0 Å². The van der Waals surface area contributed by atoms with Crippen LogP contribution in [0.3, 0.4) is 0 Å². The van der Waals surface area contributed by atoms with Gasteiger partial charge in [0.15, 0.2) is 0 Å². The normalized spacial score (nSPS) is 15.4. The Bertz CT molecular complexity index is 1020. The minimum Gasteiger partial charge on any atom is -0.447 e. The van der Waals surface area contributed by atoms with E-state index in [0.29, 0.717) is 12.2 Å². The zero-order valence-corrected chi connectivity index (χ0v) is 19.1. The van der Waals surface area contributed by atoms with Gasteiger partial charge in [-0.15, -0.1) is 0 Å². The van der Waals surface area contributed by atoms with Crippen molar-refractivity contribution in [2.45, 2.75) is 40.2 Å². The van der Waals surface area contributed by atoms with E-state index in [-0.39, 0.29) is 31.6 Å². The molecule has 172 valence electrons. The largest absolute Gasteiger partial charge is 0.447 e. The van der Waals surface area contributed by atoms with Crippen LogP contribution in [0.4, 0.5) is 16.2 Å². The molecule has 2 atom stereocenters. The van der Waals surface area contributed by atoms with Gasteiger partial charge in [-0.3, -0.25) is 4.79 Å². The summed E-state index contributed by atoms with van der Waals surface area (Å²) < 4.78 is 4.97. The topological polar surface area (TPSA) is 122 Å². The Balaban J connectivity index is 2.14. The molecule has 0 spiro atoms. The molecule has 2 unspecified atom stereocenters. The fourth-order valence-corrected chi connectivity index (χ4v) is 4.26. The van der Waals surface area contributed by atoms with Crippen LogP contribution in [0.5, 0.6) is 0 Å². The molecule has 5 N–H and O–H groups in total. The van der Waals surface area contributed by atoms with E-state index in [2.05, 4.69) is 0 Å². The molecule has 0 radical (unpaired) electrons. The lowest BCUT2D eigenvalue weighted by atomic mass is 9.78. The second kappa shape index (κ2) is 9.58. The first kappa shape index (κ1) is 23.6. The van der Waals surface area contributed by atoms with Gasteiger partial charge in [0.25, 0.3) is 0 Å². The lowest BCUT2D eigenvalue weighted by Gasteiger charge is -2.30. The van der Waals surface area contributed by atoms with E-state index in [9.17, 15) is 14.7 Å². The Morgan fingerprint density at radius 2 is 2.00 bits per heavy atom. The highest BCUT2D eigenvalue weighted by Crippen LogP contribution is 2.40. The van der Waals surface area contributed by atoms with Crippen LogP contribution in [0.1, 0.15) is 47.6 Å². The van der Waals surface area contributed by atoms with Crippen LogP contribution in [0.2, 0.25) is 0 Å². The Kier molecular flexibility index (Phi) is 7.06. The highest BCUT2D eigenvalue weighted by atomic mass is 16.6. The lowest BCUT2D eigenvalue weighted by Crippen LogP contribution is -2.38. The van der Waals surface area contributed by atoms with Gasteiger partial charge in [0, 0.05) is 18.4 Å². The number of anilines is 2. The molecule has 2 amide bonds. The second-order valence-electron chi connectivity index (χ2n) is 8.21. The van der Waals surface area contributed by atoms with Gasteiger partial charge in [0.05, 0.1) is 24.5 Å². The molecular weight excluding hydrogens is 408 g/mol. The zero-order chi connectivity index (χ0) is 23.6. The first-order valence-electron chi connectivity index (χ1n) is 10.8. The molecule has 0 aliphatic carbocycles. The maximum Gasteiger partial charge on any atom is 0.416 e. The minimum absolute atomic E-state index is 0.105. The predicted molar refractivity (Wildman–Crippen MR) is 124 cm³/mol. The number of ether oxygens (including phenoxy) is 1. The van der Waals surface area contributed by atoms with E-state index in [1.807, 2.05) is 58.0 Å². The number of benzene rings is 2. The number of aliphatic hydroxyl groups excluding tert-OH is 1. The lowest BCUT2D eigenvalue weighted by molar-refractivity contribution is -0.131. The van der Waals surface area contributed by atoms with Crippen LogP contribution in [0.15, 0.2) is 30.3 Å². The molecule has 0 bridgehead atoms. The van der Waals surface area contributed by atoms with Gasteiger partial charge in [0.2, 0.25) is 5.91 Å². The standard InChI is InChI=1S/C24H32N4O4/c1-5-28(26)20-9-8-19(15(3)22(20)25)21(17-7-6-14(2)18(12-17)13-29)16(4)23(30)27-10-11-32-24(27)31/h6-9,12,16,21,29H,5,10-11,13,25-26H2,1-4H3. The van der Waals surface area contributed by atoms with Crippen molar-refractivity contribution >= 4 is 23.4 Å². The zero-order valence-electron chi connectivity index (χ0n) is 19.1. The molecule has 0 aromatic heterocycles. The number of nitrogen functional groups attached to an aromatic ring is 1. The molecule has 2 aromatic rings. The SMILES string of the molecule is CCN(N)c1ccc(C(c2ccc(C)c(CO)c2)C(C)C(=O)N2CCOC2=O)c(C)c1N. The summed E-state index contributed by atoms with van der Waals surface area (Å²) in [6.07, 6.45) is -0.617. The number of carbonyl (C=O) groups excluding carboxylic acids is 2. The Morgan fingerprint density at radius 1 is 1.28 bits per heavy atom. The van der Waals surface area contributed by atoms with Crippen LogP contribution >= 0.6 is 0 Å². The number of aliphatic hydroxyl groups is 1. The number of nitrogens with two attached hydrogens (primary N) is 2. The van der Waals surface area contributed by atoms with Crippen molar-refractivity contribution in [1.82, 2.24) is 4.90 Å². The number of hydrogen-bond donors (Lipinski definition) is 3. The molecule has 1 heterocycles. The third-order valence-corrected chi connectivity index (χ3v) is 6.34. The Hall–Kier alpha value is -3.10. The van der Waals surface area contributed by atoms with Gasteiger partial charge in [-0.05, 0) is 54.7 Å². The van der Waals surface area contributed by atoms with Crippen molar-refractivity contribution < 1.29 is 19.4 Å². The van der Waals surface area contributed by atoms with Gasteiger partial charge in [0.1, 0.15) is 6.61 Å². The van der Waals surface area contributed by atoms with Gasteiger partial charge in [-0.2, -0.15) is 0 Å². The smallest absolute Gasteiger partial charge is 0.416 e. The Labute approximate surface area is 188 Å². The number of amides is 2. The third-order valence-electron chi connectivity index (χ3n) is 6.34. The van der Waals surface area contributed by atoms with Gasteiger partial charge in [-0.25, -0.2) is 15.5 Å². The number of imide groups is 1. The van der Waals surface area contributed by atoms with Gasteiger partial charge >= 0.3 is 6.09 Å². The van der Waals surface area contributed by atoms with E-state index >= 15 is 0 Å². The molecule has 8 nitrogen and oxygen atoms in total. The summed E-state index contributed by atoms with van der Waals surface area (Å²) >= 11 is 0. The van der Waals surface area contributed by atoms with Crippen molar-refractivity contribution in [2.75, 3.05) is 30.4 Å². The summed E-state index contributed by atoms with van der Waals surface area (Å²) in [5, 5.41) is 11.4. The number of carbonyl (C=O) groups is 2. The first-order chi connectivity index (χ1) is 15.2. The summed E-state index contributed by atoms with van der Waals surface area (Å²) in [6, 6.07) is 9.59. The van der Waals surface area contributed by atoms with Gasteiger partial charge in [-0.1, -0.05) is 31.2 Å². The summed E-state index contributed by atoms with van der Waals surface area (Å²) in [7, 11) is 0. The maximum absolute atomic E-state index is 13.3. The first-order valence-corrected chi connectivity index (χ1v) is 10.8. The van der Waals surface area contributed by atoms with Crippen LogP contribution in [-0.4, -0.2) is 41.7 Å². The molecule has 1 fully saturated rings. The second-order valence-corrected chi connectivity index (χ2v) is 8.21. The van der Waals surface area contributed by atoms with Crippen molar-refractivity contribution in [3.63, 3.8) is 0 Å². The van der Waals surface area contributed by atoms with Crippen LogP contribution < -0.4 is 16.6 Å². The summed E-state index contributed by atoms with van der Waals surface area (Å²) in [5.74, 6) is 4.82. The van der Waals surface area contributed by atoms with E-state index in [4.69, 9.17) is 16.3 Å². The highest BCUT2D eigenvalue weighted by Gasteiger charge is 2.37. The fourth-order valence-electron chi connectivity index (χ4n) is 4.26. The summed E-state index contributed by atoms with van der Waals surface area (Å²) in [5.41, 5.74) is 12.0. The number of hydrazine groups is 1. The molecule has 0 saturated carbocycles. The monoisotopic (exact) mass is 440 g/mol. The van der Waals surface area contributed by atoms with Crippen molar-refractivity contribution in [3.8, 4) is 0 Å². The summed E-state index contributed by atoms with van der Waals surface area (Å²) in [6.45, 7) is 8.51. The predicted octanol–water partition coefficient (Wildman–Crippen LogP) is 2.82. The average Bonchev–Trinajstić information content (AvgIpc) is 3.22. The van der Waals surface area contributed by atoms with Crippen LogP contribution in [0.25, 0.3) is 0 Å². The average molecular weight is 441 g/mol. The van der Waals surface area contributed by atoms with E-state index < -0.39 is 12.0 Å². The Morgan fingerprint density at radius 3 is 2.59 bits per heavy atom. The quantitative estimate of drug-likeness (QED) is 0.344. The van der Waals surface area contributed by atoms with Crippen LogP contribution in [0, 0.1) is 19.8 Å². The molecule has 32 heavy (non-hydrogen) atoms. The molecule has 3 rings (SSSR count). The minimum atomic E-state index is -0.617. The number of rotatable bonds is 7. The van der Waals surface area contributed by atoms with Gasteiger partial charge < -0.3 is 20.6 Å². The maximum atomic E-state index is 13.3.